The van der Waals surface area contributed by atoms with Gasteiger partial charge < -0.3 is 4.74 Å². The van der Waals surface area contributed by atoms with E-state index in [1.165, 1.54) is 38.5 Å². The highest BCUT2D eigenvalue weighted by Gasteiger charge is 2.42. The number of hydrogen-bond donors (Lipinski definition) is 0. The van der Waals surface area contributed by atoms with E-state index in [0.717, 1.165) is 25.9 Å². The van der Waals surface area contributed by atoms with E-state index in [2.05, 4.69) is 11.8 Å². The molecule has 1 unspecified atom stereocenters. The van der Waals surface area contributed by atoms with Crippen LogP contribution in [-0.2, 0) is 9.53 Å². The molecule has 110 valence electrons. The Balaban J connectivity index is 1.97. The second-order valence-electron chi connectivity index (χ2n) is 6.34. The molecule has 3 heteroatoms. The maximum atomic E-state index is 12.1. The molecule has 2 aliphatic rings. The molecule has 0 bridgehead atoms. The van der Waals surface area contributed by atoms with Crippen molar-refractivity contribution in [1.29, 1.82) is 0 Å². The summed E-state index contributed by atoms with van der Waals surface area (Å²) in [5, 5.41) is 0. The molecule has 19 heavy (non-hydrogen) atoms. The summed E-state index contributed by atoms with van der Waals surface area (Å²) in [5.41, 5.74) is 0.525. The van der Waals surface area contributed by atoms with Crippen LogP contribution in [0.5, 0.6) is 0 Å². The van der Waals surface area contributed by atoms with Gasteiger partial charge in [0.1, 0.15) is 6.04 Å². The summed E-state index contributed by atoms with van der Waals surface area (Å²) < 4.78 is 5.26. The normalized spacial score (nSPS) is 24.5. The monoisotopic (exact) mass is 267 g/mol. The molecule has 0 aromatic rings. The van der Waals surface area contributed by atoms with Crippen LogP contribution in [0.4, 0.5) is 0 Å². The van der Waals surface area contributed by atoms with Crippen LogP contribution < -0.4 is 0 Å². The number of esters is 1. The molecule has 0 aromatic heterocycles. The average Bonchev–Trinajstić information content (AvgIpc) is 2.80. The van der Waals surface area contributed by atoms with Gasteiger partial charge in [0.25, 0.3) is 0 Å². The lowest BCUT2D eigenvalue weighted by molar-refractivity contribution is -0.149. The minimum Gasteiger partial charge on any atom is -0.465 e. The van der Waals surface area contributed by atoms with Crippen molar-refractivity contribution in [3.8, 4) is 0 Å². The van der Waals surface area contributed by atoms with E-state index in [9.17, 15) is 4.79 Å². The lowest BCUT2D eigenvalue weighted by Crippen LogP contribution is -2.42. The molecule has 1 spiro atoms. The van der Waals surface area contributed by atoms with E-state index < -0.39 is 0 Å². The molecular weight excluding hydrogens is 238 g/mol. The predicted molar refractivity (Wildman–Crippen MR) is 77.0 cm³/mol. The molecule has 2 rings (SSSR count). The van der Waals surface area contributed by atoms with Crippen molar-refractivity contribution >= 4 is 5.97 Å². The highest BCUT2D eigenvalue weighted by Crippen LogP contribution is 2.44. The van der Waals surface area contributed by atoms with E-state index in [4.69, 9.17) is 4.74 Å². The lowest BCUT2D eigenvalue weighted by atomic mass is 9.73. The largest absolute Gasteiger partial charge is 0.465 e. The third-order valence-electron chi connectivity index (χ3n) is 4.94. The Hall–Kier alpha value is -0.570. The highest BCUT2D eigenvalue weighted by molar-refractivity contribution is 5.75. The van der Waals surface area contributed by atoms with Gasteiger partial charge in [-0.1, -0.05) is 32.6 Å². The topological polar surface area (TPSA) is 29.5 Å². The third kappa shape index (κ3) is 3.50. The molecule has 1 saturated heterocycles. The molecule has 3 nitrogen and oxygen atoms in total. The fourth-order valence-corrected chi connectivity index (χ4v) is 3.91. The number of ether oxygens (including phenoxy) is 1. The van der Waals surface area contributed by atoms with Gasteiger partial charge in [0.2, 0.25) is 0 Å². The molecule has 0 N–H and O–H groups in total. The lowest BCUT2D eigenvalue weighted by Gasteiger charge is -2.34. The number of nitrogens with zero attached hydrogens (tertiary/aromatic N) is 1. The van der Waals surface area contributed by atoms with Crippen molar-refractivity contribution in [3.05, 3.63) is 0 Å². The summed E-state index contributed by atoms with van der Waals surface area (Å²) in [7, 11) is 0. The zero-order valence-corrected chi connectivity index (χ0v) is 12.6. The second kappa shape index (κ2) is 6.74. The molecule has 2 fully saturated rings. The zero-order chi connectivity index (χ0) is 13.7. The van der Waals surface area contributed by atoms with Crippen molar-refractivity contribution < 1.29 is 9.53 Å². The van der Waals surface area contributed by atoms with E-state index in [1.807, 2.05) is 6.92 Å². The second-order valence-corrected chi connectivity index (χ2v) is 6.34. The summed E-state index contributed by atoms with van der Waals surface area (Å²) in [6.07, 6.45) is 10.2. The number of rotatable bonds is 5. The van der Waals surface area contributed by atoms with Gasteiger partial charge in [-0.2, -0.15) is 0 Å². The molecule has 1 aliphatic heterocycles. The van der Waals surface area contributed by atoms with Crippen molar-refractivity contribution in [2.45, 2.75) is 71.3 Å². The SMILES string of the molecule is CCCC(C(=O)OCC)N1CCC2(CCCCC2)C1. The van der Waals surface area contributed by atoms with Crippen molar-refractivity contribution in [2.24, 2.45) is 5.41 Å². The van der Waals surface area contributed by atoms with E-state index in [1.54, 1.807) is 0 Å². The first-order chi connectivity index (χ1) is 9.21. The molecule has 1 aliphatic carbocycles. The van der Waals surface area contributed by atoms with Crippen LogP contribution in [0, 0.1) is 5.41 Å². The Bertz CT molecular complexity index is 297. The summed E-state index contributed by atoms with van der Waals surface area (Å²) >= 11 is 0. The van der Waals surface area contributed by atoms with Gasteiger partial charge in [-0.25, -0.2) is 0 Å². The summed E-state index contributed by atoms with van der Waals surface area (Å²) in [6, 6.07) is 0.00579. The molecule has 1 heterocycles. The minimum absolute atomic E-state index is 0.00258. The van der Waals surface area contributed by atoms with E-state index in [-0.39, 0.29) is 12.0 Å². The standard InChI is InChI=1S/C16H29NO2/c1-3-8-14(15(18)19-4-2)17-12-11-16(13-17)9-6-5-7-10-16/h14H,3-13H2,1-2H3. The minimum atomic E-state index is -0.00258. The van der Waals surface area contributed by atoms with Crippen LogP contribution in [0.1, 0.15) is 65.2 Å². The first kappa shape index (κ1) is 14.8. The Morgan fingerprint density at radius 1 is 1.21 bits per heavy atom. The van der Waals surface area contributed by atoms with Crippen LogP contribution in [0.15, 0.2) is 0 Å². The molecule has 1 saturated carbocycles. The number of carbonyl (C=O) groups excluding carboxylic acids is 1. The van der Waals surface area contributed by atoms with Crippen LogP contribution in [0.25, 0.3) is 0 Å². The smallest absolute Gasteiger partial charge is 0.323 e. The average molecular weight is 267 g/mol. The number of likely N-dealkylation sites (tertiary alicyclic amines) is 1. The molecule has 0 aromatic carbocycles. The van der Waals surface area contributed by atoms with Crippen molar-refractivity contribution in [2.75, 3.05) is 19.7 Å². The van der Waals surface area contributed by atoms with Crippen LogP contribution in [0.2, 0.25) is 0 Å². The summed E-state index contributed by atoms with van der Waals surface area (Å²) in [5.74, 6) is -0.00258. The summed E-state index contributed by atoms with van der Waals surface area (Å²) in [6.45, 7) is 6.75. The van der Waals surface area contributed by atoms with Crippen LogP contribution >= 0.6 is 0 Å². The van der Waals surface area contributed by atoms with Gasteiger partial charge in [0, 0.05) is 6.54 Å². The molecular formula is C16H29NO2. The van der Waals surface area contributed by atoms with Crippen molar-refractivity contribution in [1.82, 2.24) is 4.90 Å². The van der Waals surface area contributed by atoms with Crippen LogP contribution in [-0.4, -0.2) is 36.6 Å². The van der Waals surface area contributed by atoms with Gasteiger partial charge in [-0.15, -0.1) is 0 Å². The maximum absolute atomic E-state index is 12.1. The Morgan fingerprint density at radius 3 is 2.58 bits per heavy atom. The first-order valence-electron chi connectivity index (χ1n) is 8.11. The quantitative estimate of drug-likeness (QED) is 0.715. The highest BCUT2D eigenvalue weighted by atomic mass is 16.5. The van der Waals surface area contributed by atoms with E-state index >= 15 is 0 Å². The fourth-order valence-electron chi connectivity index (χ4n) is 3.91. The first-order valence-corrected chi connectivity index (χ1v) is 8.11. The molecule has 0 amide bonds. The Labute approximate surface area is 117 Å². The third-order valence-corrected chi connectivity index (χ3v) is 4.94. The molecule has 0 radical (unpaired) electrons. The van der Waals surface area contributed by atoms with Gasteiger partial charge in [0.05, 0.1) is 6.61 Å². The van der Waals surface area contributed by atoms with E-state index in [0.29, 0.717) is 12.0 Å². The predicted octanol–water partition coefficient (Wildman–Crippen LogP) is 3.37. The fraction of sp³-hybridized carbons (Fsp3) is 0.938. The zero-order valence-electron chi connectivity index (χ0n) is 12.6. The Morgan fingerprint density at radius 2 is 1.95 bits per heavy atom. The van der Waals surface area contributed by atoms with Crippen LogP contribution in [0.3, 0.4) is 0 Å². The number of carbonyl (C=O) groups is 1. The Kier molecular flexibility index (Phi) is 5.26. The van der Waals surface area contributed by atoms with Gasteiger partial charge >= 0.3 is 5.97 Å². The summed E-state index contributed by atoms with van der Waals surface area (Å²) in [4.78, 5) is 14.5. The maximum Gasteiger partial charge on any atom is 0.323 e. The van der Waals surface area contributed by atoms with Crippen molar-refractivity contribution in [3.63, 3.8) is 0 Å². The van der Waals surface area contributed by atoms with Gasteiger partial charge in [-0.3, -0.25) is 9.69 Å². The van der Waals surface area contributed by atoms with Gasteiger partial charge in [0.15, 0.2) is 0 Å². The number of hydrogen-bond acceptors (Lipinski definition) is 3. The molecule has 1 atom stereocenters. The van der Waals surface area contributed by atoms with Gasteiger partial charge in [-0.05, 0) is 44.6 Å².